The molecule has 0 aliphatic carbocycles. The summed E-state index contributed by atoms with van der Waals surface area (Å²) in [5.41, 5.74) is 1.40. The van der Waals surface area contributed by atoms with Crippen LogP contribution in [0.4, 0.5) is 10.5 Å². The Morgan fingerprint density at radius 1 is 1.19 bits per heavy atom. The number of nitrogens with zero attached hydrogens (tertiary/aromatic N) is 3. The average molecular weight is 489 g/mol. The van der Waals surface area contributed by atoms with Crippen molar-refractivity contribution >= 4 is 23.6 Å². The first kappa shape index (κ1) is 25.2. The SMILES string of the molecule is CCN(C(=O)OCc1ccccc1)C(CC(C)C)C(=O)N1C[C@]2(C[C@H]1C#N)C(=O)Nc1ccccc12. The molecule has 2 aliphatic heterocycles. The summed E-state index contributed by atoms with van der Waals surface area (Å²) in [5.74, 6) is -0.417. The lowest BCUT2D eigenvalue weighted by atomic mass is 9.80. The highest BCUT2D eigenvalue weighted by Gasteiger charge is 2.56. The third kappa shape index (κ3) is 4.66. The van der Waals surface area contributed by atoms with E-state index < -0.39 is 23.6 Å². The van der Waals surface area contributed by atoms with Crippen molar-refractivity contribution in [2.24, 2.45) is 5.92 Å². The molecule has 0 saturated carbocycles. The van der Waals surface area contributed by atoms with Crippen LogP contribution in [-0.4, -0.2) is 52.9 Å². The fraction of sp³-hybridized carbons (Fsp3) is 0.429. The Kier molecular flexibility index (Phi) is 7.30. The molecular weight excluding hydrogens is 456 g/mol. The number of nitriles is 1. The van der Waals surface area contributed by atoms with Gasteiger partial charge in [-0.05, 0) is 36.5 Å². The second-order valence-electron chi connectivity index (χ2n) is 9.87. The Bertz CT molecular complexity index is 1180. The second-order valence-corrected chi connectivity index (χ2v) is 9.87. The summed E-state index contributed by atoms with van der Waals surface area (Å²) in [4.78, 5) is 43.1. The Hall–Kier alpha value is -3.86. The zero-order valence-electron chi connectivity index (χ0n) is 20.9. The van der Waals surface area contributed by atoms with Crippen LogP contribution in [0.3, 0.4) is 0 Å². The molecule has 4 rings (SSSR count). The monoisotopic (exact) mass is 488 g/mol. The highest BCUT2D eigenvalue weighted by Crippen LogP contribution is 2.46. The lowest BCUT2D eigenvalue weighted by Gasteiger charge is -2.34. The van der Waals surface area contributed by atoms with Crippen LogP contribution in [0.1, 0.15) is 44.7 Å². The minimum Gasteiger partial charge on any atom is -0.445 e. The number of hydrogen-bond donors (Lipinski definition) is 1. The summed E-state index contributed by atoms with van der Waals surface area (Å²) >= 11 is 0. The van der Waals surface area contributed by atoms with Crippen LogP contribution in [-0.2, 0) is 26.3 Å². The number of anilines is 1. The molecule has 1 unspecified atom stereocenters. The van der Waals surface area contributed by atoms with Gasteiger partial charge in [0.05, 0.1) is 11.5 Å². The predicted octanol–water partition coefficient (Wildman–Crippen LogP) is 4.07. The number of hydrogen-bond acceptors (Lipinski definition) is 5. The molecule has 0 aromatic heterocycles. The van der Waals surface area contributed by atoms with Crippen LogP contribution >= 0.6 is 0 Å². The molecule has 36 heavy (non-hydrogen) atoms. The van der Waals surface area contributed by atoms with Gasteiger partial charge in [0.2, 0.25) is 11.8 Å². The van der Waals surface area contributed by atoms with E-state index in [2.05, 4.69) is 11.4 Å². The molecule has 1 saturated heterocycles. The van der Waals surface area contributed by atoms with E-state index in [1.54, 1.807) is 6.92 Å². The summed E-state index contributed by atoms with van der Waals surface area (Å²) in [5, 5.41) is 12.9. The molecule has 1 N–H and O–H groups in total. The van der Waals surface area contributed by atoms with Crippen molar-refractivity contribution in [1.82, 2.24) is 9.80 Å². The number of rotatable bonds is 7. The number of nitrogens with one attached hydrogen (secondary N) is 1. The minimum atomic E-state index is -0.972. The zero-order valence-corrected chi connectivity index (χ0v) is 20.9. The van der Waals surface area contributed by atoms with Crippen molar-refractivity contribution in [1.29, 1.82) is 5.26 Å². The maximum atomic E-state index is 14.0. The van der Waals surface area contributed by atoms with Gasteiger partial charge < -0.3 is 15.0 Å². The average Bonchev–Trinajstić information content (AvgIpc) is 3.40. The van der Waals surface area contributed by atoms with E-state index >= 15 is 0 Å². The van der Waals surface area contributed by atoms with Crippen LogP contribution in [0.5, 0.6) is 0 Å². The molecule has 3 atom stereocenters. The molecule has 2 aliphatic rings. The van der Waals surface area contributed by atoms with E-state index in [1.807, 2.05) is 68.4 Å². The third-order valence-electron chi connectivity index (χ3n) is 7.05. The fourth-order valence-electron chi connectivity index (χ4n) is 5.26. The van der Waals surface area contributed by atoms with Crippen LogP contribution < -0.4 is 5.32 Å². The second kappa shape index (κ2) is 10.4. The van der Waals surface area contributed by atoms with Crippen molar-refractivity contribution in [3.63, 3.8) is 0 Å². The van der Waals surface area contributed by atoms with Gasteiger partial charge >= 0.3 is 6.09 Å². The zero-order chi connectivity index (χ0) is 25.9. The largest absolute Gasteiger partial charge is 0.445 e. The van der Waals surface area contributed by atoms with E-state index in [4.69, 9.17) is 4.74 Å². The summed E-state index contributed by atoms with van der Waals surface area (Å²) in [7, 11) is 0. The van der Waals surface area contributed by atoms with Gasteiger partial charge in [-0.25, -0.2) is 4.79 Å². The molecular formula is C28H32N4O4. The maximum Gasteiger partial charge on any atom is 0.410 e. The van der Waals surface area contributed by atoms with E-state index in [1.165, 1.54) is 9.80 Å². The number of ether oxygens (including phenoxy) is 1. The van der Waals surface area contributed by atoms with Crippen LogP contribution in [0.15, 0.2) is 54.6 Å². The van der Waals surface area contributed by atoms with E-state index in [9.17, 15) is 19.6 Å². The molecule has 0 bridgehead atoms. The van der Waals surface area contributed by atoms with Gasteiger partial charge in [-0.3, -0.25) is 14.5 Å². The Morgan fingerprint density at radius 2 is 1.89 bits per heavy atom. The predicted molar refractivity (Wildman–Crippen MR) is 135 cm³/mol. The molecule has 8 heteroatoms. The van der Waals surface area contributed by atoms with Crippen molar-refractivity contribution in [2.75, 3.05) is 18.4 Å². The summed E-state index contributed by atoms with van der Waals surface area (Å²) < 4.78 is 5.55. The lowest BCUT2D eigenvalue weighted by Crippen LogP contribution is -2.53. The van der Waals surface area contributed by atoms with Gasteiger partial charge in [-0.1, -0.05) is 62.4 Å². The molecule has 3 amide bonds. The quantitative estimate of drug-likeness (QED) is 0.633. The molecule has 1 spiro atoms. The normalized spacial score (nSPS) is 21.1. The standard InChI is InChI=1S/C28H32N4O4/c1-4-31(27(35)36-17-20-10-6-5-7-11-20)24(14-19(2)3)25(33)32-18-28(15-21(32)16-29)22-12-8-9-13-23(22)30-26(28)34/h5-13,19,21,24H,4,14-15,17-18H2,1-3H3,(H,30,34)/t21-,24?,28-/m0/s1. The van der Waals surface area contributed by atoms with Gasteiger partial charge in [0, 0.05) is 25.2 Å². The van der Waals surface area contributed by atoms with Crippen LogP contribution in [0.2, 0.25) is 0 Å². The number of carbonyl (C=O) groups is 3. The van der Waals surface area contributed by atoms with E-state index in [0.717, 1.165) is 11.1 Å². The van der Waals surface area contributed by atoms with Gasteiger partial charge in [-0.15, -0.1) is 0 Å². The van der Waals surface area contributed by atoms with E-state index in [-0.39, 0.29) is 43.8 Å². The number of para-hydroxylation sites is 1. The number of likely N-dealkylation sites (tertiary alicyclic amines) is 1. The molecule has 2 aromatic carbocycles. The number of carbonyl (C=O) groups excluding carboxylic acids is 3. The lowest BCUT2D eigenvalue weighted by molar-refractivity contribution is -0.137. The number of amides is 3. The number of fused-ring (bicyclic) bond motifs is 2. The van der Waals surface area contributed by atoms with E-state index in [0.29, 0.717) is 12.1 Å². The summed E-state index contributed by atoms with van der Waals surface area (Å²) in [6.07, 6.45) is 0.0564. The van der Waals surface area contributed by atoms with Crippen molar-refractivity contribution in [3.8, 4) is 6.07 Å². The molecule has 188 valence electrons. The van der Waals surface area contributed by atoms with Gasteiger partial charge in [0.25, 0.3) is 0 Å². The maximum absolute atomic E-state index is 14.0. The van der Waals surface area contributed by atoms with Crippen molar-refractivity contribution < 1.29 is 19.1 Å². The molecule has 2 heterocycles. The Morgan fingerprint density at radius 3 is 2.56 bits per heavy atom. The van der Waals surface area contributed by atoms with Gasteiger partial charge in [0.15, 0.2) is 0 Å². The Balaban J connectivity index is 1.59. The van der Waals surface area contributed by atoms with Gasteiger partial charge in [-0.2, -0.15) is 5.26 Å². The molecule has 8 nitrogen and oxygen atoms in total. The molecule has 2 aromatic rings. The summed E-state index contributed by atoms with van der Waals surface area (Å²) in [6, 6.07) is 17.4. The van der Waals surface area contributed by atoms with Crippen LogP contribution in [0.25, 0.3) is 0 Å². The minimum absolute atomic E-state index is 0.0954. The molecule has 0 radical (unpaired) electrons. The van der Waals surface area contributed by atoms with Crippen molar-refractivity contribution in [3.05, 3.63) is 65.7 Å². The number of benzene rings is 2. The van der Waals surface area contributed by atoms with Crippen molar-refractivity contribution in [2.45, 2.75) is 57.7 Å². The fourth-order valence-corrected chi connectivity index (χ4v) is 5.26. The van der Waals surface area contributed by atoms with Crippen LogP contribution in [0, 0.1) is 17.2 Å². The topological polar surface area (TPSA) is 103 Å². The highest BCUT2D eigenvalue weighted by molar-refractivity contribution is 6.07. The first-order valence-electron chi connectivity index (χ1n) is 12.4. The molecule has 1 fully saturated rings. The smallest absolute Gasteiger partial charge is 0.410 e. The Labute approximate surface area is 211 Å². The number of likely N-dealkylation sites (N-methyl/N-ethyl adjacent to an activating group) is 1. The van der Waals surface area contributed by atoms with Gasteiger partial charge in [0.1, 0.15) is 18.7 Å². The first-order valence-corrected chi connectivity index (χ1v) is 12.4. The first-order chi connectivity index (χ1) is 17.3. The highest BCUT2D eigenvalue weighted by atomic mass is 16.6. The summed E-state index contributed by atoms with van der Waals surface area (Å²) in [6.45, 7) is 6.24. The third-order valence-corrected chi connectivity index (χ3v) is 7.05.